The third kappa shape index (κ3) is 2.48. The largest absolute Gasteiger partial charge is 0.481 e. The number of carboxylic acid groups (broad SMARTS) is 1. The quantitative estimate of drug-likeness (QED) is 0.804. The molecule has 0 aliphatic rings. The highest BCUT2D eigenvalue weighted by Gasteiger charge is 2.08. The molecule has 0 saturated carbocycles. The lowest BCUT2D eigenvalue weighted by molar-refractivity contribution is -0.136. The van der Waals surface area contributed by atoms with Gasteiger partial charge in [0.25, 0.3) is 0 Å². The molecule has 6 heteroatoms. The molecule has 1 aromatic carbocycles. The van der Waals surface area contributed by atoms with E-state index < -0.39 is 5.97 Å². The minimum atomic E-state index is -0.913. The van der Waals surface area contributed by atoms with Crippen LogP contribution >= 0.6 is 11.6 Å². The van der Waals surface area contributed by atoms with Gasteiger partial charge in [-0.2, -0.15) is 5.10 Å². The smallest absolute Gasteiger partial charge is 0.309 e. The molecule has 3 rings (SSSR count). The average Bonchev–Trinajstić information content (AvgIpc) is 2.78. The molecule has 0 saturated heterocycles. The molecular weight excluding hydrogens is 278 g/mol. The highest BCUT2D eigenvalue weighted by molar-refractivity contribution is 6.30. The van der Waals surface area contributed by atoms with Gasteiger partial charge in [0.15, 0.2) is 5.65 Å². The van der Waals surface area contributed by atoms with Gasteiger partial charge >= 0.3 is 5.97 Å². The van der Waals surface area contributed by atoms with Crippen molar-refractivity contribution < 1.29 is 9.90 Å². The molecule has 3 aromatic rings. The van der Waals surface area contributed by atoms with Gasteiger partial charge in [-0.25, -0.2) is 9.50 Å². The van der Waals surface area contributed by atoms with Gasteiger partial charge < -0.3 is 5.11 Å². The van der Waals surface area contributed by atoms with Gasteiger partial charge in [0, 0.05) is 10.6 Å². The van der Waals surface area contributed by atoms with Crippen LogP contribution in [0.3, 0.4) is 0 Å². The number of carbonyl (C=O) groups is 1. The number of halogens is 1. The lowest BCUT2D eigenvalue weighted by Gasteiger charge is -2.01. The molecule has 5 nitrogen and oxygen atoms in total. The van der Waals surface area contributed by atoms with Crippen molar-refractivity contribution in [1.82, 2.24) is 14.6 Å². The Hall–Kier alpha value is -2.40. The number of carboxylic acids is 1. The molecule has 0 aliphatic heterocycles. The molecule has 0 bridgehead atoms. The van der Waals surface area contributed by atoms with Crippen LogP contribution in [0.4, 0.5) is 0 Å². The van der Waals surface area contributed by atoms with Crippen molar-refractivity contribution in [3.8, 4) is 11.3 Å². The molecule has 20 heavy (non-hydrogen) atoms. The van der Waals surface area contributed by atoms with Crippen LogP contribution < -0.4 is 0 Å². The maximum absolute atomic E-state index is 10.7. The first kappa shape index (κ1) is 12.6. The first-order valence-corrected chi connectivity index (χ1v) is 6.33. The van der Waals surface area contributed by atoms with Crippen molar-refractivity contribution in [2.45, 2.75) is 6.42 Å². The minimum absolute atomic E-state index is 0.115. The first-order valence-electron chi connectivity index (χ1n) is 5.95. The zero-order valence-corrected chi connectivity index (χ0v) is 11.1. The summed E-state index contributed by atoms with van der Waals surface area (Å²) in [7, 11) is 0. The molecule has 0 unspecified atom stereocenters. The summed E-state index contributed by atoms with van der Waals surface area (Å²) in [5.74, 6) is -0.913. The van der Waals surface area contributed by atoms with E-state index in [-0.39, 0.29) is 6.42 Å². The Kier molecular flexibility index (Phi) is 3.12. The Bertz CT molecular complexity index is 798. The fraction of sp³-hybridized carbons (Fsp3) is 0.0714. The van der Waals surface area contributed by atoms with Crippen molar-refractivity contribution >= 4 is 23.2 Å². The summed E-state index contributed by atoms with van der Waals surface area (Å²) in [4.78, 5) is 14.9. The van der Waals surface area contributed by atoms with Gasteiger partial charge in [-0.1, -0.05) is 23.7 Å². The van der Waals surface area contributed by atoms with E-state index in [0.29, 0.717) is 16.4 Å². The Balaban J connectivity index is 2.04. The molecule has 2 heterocycles. The van der Waals surface area contributed by atoms with Crippen molar-refractivity contribution in [1.29, 1.82) is 0 Å². The summed E-state index contributed by atoms with van der Waals surface area (Å²) >= 11 is 5.96. The number of hydrogen-bond donors (Lipinski definition) is 1. The van der Waals surface area contributed by atoms with Gasteiger partial charge in [0.2, 0.25) is 0 Å². The van der Waals surface area contributed by atoms with Gasteiger partial charge in [-0.15, -0.1) is 0 Å². The predicted molar refractivity (Wildman–Crippen MR) is 74.8 cm³/mol. The molecule has 0 radical (unpaired) electrons. The van der Waals surface area contributed by atoms with E-state index in [2.05, 4.69) is 10.1 Å². The second-order valence-electron chi connectivity index (χ2n) is 4.33. The molecule has 2 aromatic heterocycles. The van der Waals surface area contributed by atoms with E-state index in [1.165, 1.54) is 0 Å². The highest BCUT2D eigenvalue weighted by Crippen LogP contribution is 2.21. The number of rotatable bonds is 3. The maximum atomic E-state index is 10.7. The lowest BCUT2D eigenvalue weighted by Crippen LogP contribution is -1.99. The number of imidazole rings is 1. The minimum Gasteiger partial charge on any atom is -0.481 e. The van der Waals surface area contributed by atoms with E-state index in [1.807, 2.05) is 24.3 Å². The summed E-state index contributed by atoms with van der Waals surface area (Å²) in [6, 6.07) is 11.0. The Morgan fingerprint density at radius 2 is 2.15 bits per heavy atom. The van der Waals surface area contributed by atoms with Gasteiger partial charge in [-0.3, -0.25) is 4.79 Å². The molecule has 0 amide bonds. The van der Waals surface area contributed by atoms with Crippen molar-refractivity contribution in [2.24, 2.45) is 0 Å². The highest BCUT2D eigenvalue weighted by atomic mass is 35.5. The standard InChI is InChI=1S/C14H10ClN3O2/c15-10-3-1-2-9(6-10)12-4-5-13-16-11(7-14(19)20)8-18(13)17-12/h1-6,8H,7H2,(H,19,20). The third-order valence-electron chi connectivity index (χ3n) is 2.82. The van der Waals surface area contributed by atoms with Crippen LogP contribution in [-0.2, 0) is 11.2 Å². The second kappa shape index (κ2) is 4.94. The van der Waals surface area contributed by atoms with E-state index in [0.717, 1.165) is 11.3 Å². The number of hydrogen-bond acceptors (Lipinski definition) is 3. The topological polar surface area (TPSA) is 67.5 Å². The summed E-state index contributed by atoms with van der Waals surface area (Å²) in [6.45, 7) is 0. The van der Waals surface area contributed by atoms with Crippen LogP contribution in [0.5, 0.6) is 0 Å². The number of benzene rings is 1. The SMILES string of the molecule is O=C(O)Cc1cn2nc(-c3cccc(Cl)c3)ccc2n1. The number of nitrogens with zero attached hydrogens (tertiary/aromatic N) is 3. The van der Waals surface area contributed by atoms with Gasteiger partial charge in [0.05, 0.1) is 24.0 Å². The van der Waals surface area contributed by atoms with Crippen LogP contribution in [0.2, 0.25) is 5.02 Å². The zero-order valence-electron chi connectivity index (χ0n) is 10.3. The van der Waals surface area contributed by atoms with Crippen LogP contribution in [0.15, 0.2) is 42.6 Å². The second-order valence-corrected chi connectivity index (χ2v) is 4.77. The first-order chi connectivity index (χ1) is 9.61. The normalized spacial score (nSPS) is 10.8. The Morgan fingerprint density at radius 1 is 1.30 bits per heavy atom. The van der Waals surface area contributed by atoms with Crippen LogP contribution in [0.25, 0.3) is 16.9 Å². The van der Waals surface area contributed by atoms with Gasteiger partial charge in [-0.05, 0) is 24.3 Å². The van der Waals surface area contributed by atoms with Crippen LogP contribution in [0.1, 0.15) is 5.69 Å². The van der Waals surface area contributed by atoms with Crippen molar-refractivity contribution in [3.05, 3.63) is 53.3 Å². The van der Waals surface area contributed by atoms with Crippen molar-refractivity contribution in [3.63, 3.8) is 0 Å². The predicted octanol–water partition coefficient (Wildman–Crippen LogP) is 2.68. The molecule has 1 N–H and O–H groups in total. The number of aliphatic carboxylic acids is 1. The van der Waals surface area contributed by atoms with E-state index >= 15 is 0 Å². The Morgan fingerprint density at radius 3 is 2.90 bits per heavy atom. The van der Waals surface area contributed by atoms with Crippen LogP contribution in [-0.4, -0.2) is 25.7 Å². The van der Waals surface area contributed by atoms with Crippen molar-refractivity contribution in [2.75, 3.05) is 0 Å². The van der Waals surface area contributed by atoms with Gasteiger partial charge in [0.1, 0.15) is 0 Å². The average molecular weight is 288 g/mol. The van der Waals surface area contributed by atoms with E-state index in [9.17, 15) is 4.79 Å². The fourth-order valence-corrected chi connectivity index (χ4v) is 2.16. The van der Waals surface area contributed by atoms with E-state index in [1.54, 1.807) is 22.8 Å². The molecule has 100 valence electrons. The summed E-state index contributed by atoms with van der Waals surface area (Å²) in [5.41, 5.74) is 2.74. The third-order valence-corrected chi connectivity index (χ3v) is 3.06. The number of aromatic nitrogens is 3. The molecule has 0 atom stereocenters. The molecule has 0 fully saturated rings. The Labute approximate surface area is 119 Å². The lowest BCUT2D eigenvalue weighted by atomic mass is 10.1. The maximum Gasteiger partial charge on any atom is 0.309 e. The fourth-order valence-electron chi connectivity index (χ4n) is 1.97. The van der Waals surface area contributed by atoms with Crippen LogP contribution in [0, 0.1) is 0 Å². The summed E-state index contributed by atoms with van der Waals surface area (Å²) in [5, 5.41) is 13.8. The summed E-state index contributed by atoms with van der Waals surface area (Å²) < 4.78 is 1.58. The number of fused-ring (bicyclic) bond motifs is 1. The van der Waals surface area contributed by atoms with E-state index in [4.69, 9.17) is 16.7 Å². The monoisotopic (exact) mass is 287 g/mol. The summed E-state index contributed by atoms with van der Waals surface area (Å²) in [6.07, 6.45) is 1.51. The molecule has 0 spiro atoms. The zero-order chi connectivity index (χ0) is 14.1. The molecule has 0 aliphatic carbocycles. The molecular formula is C14H10ClN3O2.